The Hall–Kier alpha value is -1.71. The fourth-order valence-corrected chi connectivity index (χ4v) is 4.23. The lowest BCUT2D eigenvalue weighted by atomic mass is 10.1. The zero-order valence-corrected chi connectivity index (χ0v) is 17.9. The smallest absolute Gasteiger partial charge is 0.330 e. The molecule has 0 amide bonds. The Labute approximate surface area is 159 Å². The minimum absolute atomic E-state index is 0.00611. The van der Waals surface area contributed by atoms with Gasteiger partial charge in [0.05, 0.1) is 12.2 Å². The number of aromatic amines is 1. The number of carboxylic acid groups (broad SMARTS) is 1. The maximum absolute atomic E-state index is 12.2. The molecule has 8 nitrogen and oxygen atoms in total. The topological polar surface area (TPSA) is 111 Å². The van der Waals surface area contributed by atoms with E-state index in [0.29, 0.717) is 18.4 Å². The standard InChI is InChI=1S/C18H30N2O6Si/c1-11-10-20(17(24)19-16(11)23)14-9-13(12(25-14)7-8-15(21)22)26-27(5,6)18(2,3)4/h10,12-14H,7-9H2,1-6H3,(H,21,22)(H,19,23,24)/t12-,13+,14-/m1/s1. The first-order valence-corrected chi connectivity index (χ1v) is 12.1. The summed E-state index contributed by atoms with van der Waals surface area (Å²) in [5.74, 6) is -0.898. The molecule has 1 aromatic rings. The zero-order chi connectivity index (χ0) is 20.6. The van der Waals surface area contributed by atoms with Gasteiger partial charge in [0.2, 0.25) is 0 Å². The van der Waals surface area contributed by atoms with E-state index in [4.69, 9.17) is 14.3 Å². The van der Waals surface area contributed by atoms with Crippen LogP contribution in [0.4, 0.5) is 0 Å². The first-order chi connectivity index (χ1) is 12.3. The van der Waals surface area contributed by atoms with Crippen LogP contribution in [0, 0.1) is 6.92 Å². The number of H-pyrrole nitrogens is 1. The van der Waals surface area contributed by atoms with Crippen molar-refractivity contribution in [2.75, 3.05) is 0 Å². The number of rotatable bonds is 6. The minimum Gasteiger partial charge on any atom is -0.481 e. The number of carbonyl (C=O) groups is 1. The van der Waals surface area contributed by atoms with Gasteiger partial charge in [-0.2, -0.15) is 0 Å². The number of ether oxygens (including phenoxy) is 1. The van der Waals surface area contributed by atoms with Crippen molar-refractivity contribution in [3.8, 4) is 0 Å². The van der Waals surface area contributed by atoms with Gasteiger partial charge in [0.15, 0.2) is 8.32 Å². The van der Waals surface area contributed by atoms with Crippen LogP contribution >= 0.6 is 0 Å². The third-order valence-corrected chi connectivity index (χ3v) is 10.0. The van der Waals surface area contributed by atoms with Gasteiger partial charge >= 0.3 is 11.7 Å². The molecule has 152 valence electrons. The molecule has 0 aliphatic carbocycles. The number of aliphatic carboxylic acids is 1. The van der Waals surface area contributed by atoms with Crippen LogP contribution in [-0.2, 0) is 14.0 Å². The van der Waals surface area contributed by atoms with E-state index in [0.717, 1.165) is 0 Å². The summed E-state index contributed by atoms with van der Waals surface area (Å²) < 4.78 is 13.9. The van der Waals surface area contributed by atoms with Crippen LogP contribution in [0.1, 0.15) is 51.8 Å². The summed E-state index contributed by atoms with van der Waals surface area (Å²) in [5.41, 5.74) is -0.555. The third kappa shape index (κ3) is 4.97. The molecule has 27 heavy (non-hydrogen) atoms. The lowest BCUT2D eigenvalue weighted by molar-refractivity contribution is -0.138. The second-order valence-electron chi connectivity index (χ2n) is 8.69. The number of nitrogens with one attached hydrogen (secondary N) is 1. The molecule has 0 bridgehead atoms. The maximum atomic E-state index is 12.2. The number of nitrogens with zero attached hydrogens (tertiary/aromatic N) is 1. The predicted molar refractivity (Wildman–Crippen MR) is 104 cm³/mol. The molecule has 2 rings (SSSR count). The summed E-state index contributed by atoms with van der Waals surface area (Å²) >= 11 is 0. The summed E-state index contributed by atoms with van der Waals surface area (Å²) in [6.45, 7) is 12.3. The van der Waals surface area contributed by atoms with E-state index >= 15 is 0 Å². The average Bonchev–Trinajstić information content (AvgIpc) is 2.89. The number of hydrogen-bond donors (Lipinski definition) is 2. The summed E-state index contributed by atoms with van der Waals surface area (Å²) in [4.78, 5) is 37.1. The predicted octanol–water partition coefficient (Wildman–Crippen LogP) is 2.39. The van der Waals surface area contributed by atoms with Crippen molar-refractivity contribution in [2.45, 2.75) is 83.5 Å². The van der Waals surface area contributed by atoms with Gasteiger partial charge in [0.25, 0.3) is 5.56 Å². The fourth-order valence-electron chi connectivity index (χ4n) is 2.87. The van der Waals surface area contributed by atoms with E-state index in [9.17, 15) is 14.4 Å². The second-order valence-corrected chi connectivity index (χ2v) is 13.4. The number of aryl methyl sites for hydroxylation is 1. The normalized spacial score (nSPS) is 23.6. The molecule has 9 heteroatoms. The molecule has 2 N–H and O–H groups in total. The number of hydrogen-bond acceptors (Lipinski definition) is 5. The van der Waals surface area contributed by atoms with E-state index in [1.54, 1.807) is 6.92 Å². The molecule has 1 saturated heterocycles. The third-order valence-electron chi connectivity index (χ3n) is 5.53. The minimum atomic E-state index is -2.10. The van der Waals surface area contributed by atoms with Gasteiger partial charge in [0.1, 0.15) is 6.23 Å². The Morgan fingerprint density at radius 1 is 1.41 bits per heavy atom. The quantitative estimate of drug-likeness (QED) is 0.712. The summed E-state index contributed by atoms with van der Waals surface area (Å²) in [6, 6.07) is 0. The number of aromatic nitrogens is 2. The van der Waals surface area contributed by atoms with Gasteiger partial charge in [-0.05, 0) is 31.5 Å². The van der Waals surface area contributed by atoms with Gasteiger partial charge in [-0.15, -0.1) is 0 Å². The Morgan fingerprint density at radius 2 is 2.04 bits per heavy atom. The van der Waals surface area contributed by atoms with Crippen molar-refractivity contribution in [1.29, 1.82) is 0 Å². The fraction of sp³-hybridized carbons (Fsp3) is 0.722. The number of carboxylic acids is 1. The first kappa shape index (κ1) is 21.6. The van der Waals surface area contributed by atoms with E-state index in [1.165, 1.54) is 10.8 Å². The summed E-state index contributed by atoms with van der Waals surface area (Å²) in [5, 5.41) is 9.03. The van der Waals surface area contributed by atoms with Crippen LogP contribution in [0.3, 0.4) is 0 Å². The highest BCUT2D eigenvalue weighted by Crippen LogP contribution is 2.41. The van der Waals surface area contributed by atoms with Gasteiger partial charge in [-0.25, -0.2) is 4.79 Å². The van der Waals surface area contributed by atoms with Crippen LogP contribution in [-0.4, -0.2) is 41.2 Å². The molecular formula is C18H30N2O6Si. The molecule has 1 aromatic heterocycles. The van der Waals surface area contributed by atoms with Crippen LogP contribution < -0.4 is 11.2 Å². The molecule has 0 radical (unpaired) electrons. The highest BCUT2D eigenvalue weighted by Gasteiger charge is 2.45. The molecule has 0 spiro atoms. The molecule has 3 atom stereocenters. The molecule has 0 unspecified atom stereocenters. The second kappa shape index (κ2) is 7.73. The van der Waals surface area contributed by atoms with Crippen LogP contribution in [0.25, 0.3) is 0 Å². The Kier molecular flexibility index (Phi) is 6.18. The van der Waals surface area contributed by atoms with Crippen LogP contribution in [0.5, 0.6) is 0 Å². The Morgan fingerprint density at radius 3 is 2.59 bits per heavy atom. The van der Waals surface area contributed by atoms with E-state index in [2.05, 4.69) is 38.8 Å². The molecule has 1 aliphatic heterocycles. The zero-order valence-electron chi connectivity index (χ0n) is 16.9. The van der Waals surface area contributed by atoms with Crippen molar-refractivity contribution < 1.29 is 19.1 Å². The van der Waals surface area contributed by atoms with Gasteiger partial charge < -0.3 is 14.3 Å². The molecule has 1 aliphatic rings. The Bertz CT molecular complexity index is 807. The molecule has 2 heterocycles. The summed E-state index contributed by atoms with van der Waals surface area (Å²) in [7, 11) is -2.10. The Balaban J connectivity index is 2.29. The highest BCUT2D eigenvalue weighted by molar-refractivity contribution is 6.74. The maximum Gasteiger partial charge on any atom is 0.330 e. The van der Waals surface area contributed by atoms with Gasteiger partial charge in [0, 0.05) is 24.6 Å². The van der Waals surface area contributed by atoms with E-state index in [-0.39, 0.29) is 17.6 Å². The van der Waals surface area contributed by atoms with E-state index in [1.807, 2.05) is 0 Å². The van der Waals surface area contributed by atoms with E-state index < -0.39 is 37.9 Å². The van der Waals surface area contributed by atoms with Crippen molar-refractivity contribution in [3.05, 3.63) is 32.6 Å². The SMILES string of the molecule is Cc1cn([C@H]2C[C@H](O[Si](C)(C)C(C)(C)C)[C@@H](CCC(=O)O)O2)c(=O)[nH]c1=O. The van der Waals surface area contributed by atoms with Crippen LogP contribution in [0.2, 0.25) is 18.1 Å². The first-order valence-electron chi connectivity index (χ1n) is 9.19. The summed E-state index contributed by atoms with van der Waals surface area (Å²) in [6.07, 6.45) is 0.878. The lowest BCUT2D eigenvalue weighted by Crippen LogP contribution is -2.46. The molecule has 0 aromatic carbocycles. The highest BCUT2D eigenvalue weighted by atomic mass is 28.4. The van der Waals surface area contributed by atoms with Crippen molar-refractivity contribution in [3.63, 3.8) is 0 Å². The van der Waals surface area contributed by atoms with Crippen LogP contribution in [0.15, 0.2) is 15.8 Å². The monoisotopic (exact) mass is 398 g/mol. The largest absolute Gasteiger partial charge is 0.481 e. The lowest BCUT2D eigenvalue weighted by Gasteiger charge is -2.39. The molecule has 0 saturated carbocycles. The molecule has 1 fully saturated rings. The average molecular weight is 399 g/mol. The van der Waals surface area contributed by atoms with Crippen molar-refractivity contribution in [1.82, 2.24) is 9.55 Å². The molecular weight excluding hydrogens is 368 g/mol. The van der Waals surface area contributed by atoms with Crippen molar-refractivity contribution in [2.24, 2.45) is 0 Å². The van der Waals surface area contributed by atoms with Gasteiger partial charge in [-0.1, -0.05) is 20.8 Å². The van der Waals surface area contributed by atoms with Crippen molar-refractivity contribution >= 4 is 14.3 Å². The van der Waals surface area contributed by atoms with Gasteiger partial charge in [-0.3, -0.25) is 19.1 Å².